The molecule has 1 aromatic rings. The molecule has 1 amide bonds. The fourth-order valence-corrected chi connectivity index (χ4v) is 1.91. The van der Waals surface area contributed by atoms with Crippen LogP contribution in [0.3, 0.4) is 0 Å². The van der Waals surface area contributed by atoms with Crippen molar-refractivity contribution in [2.24, 2.45) is 5.92 Å². The van der Waals surface area contributed by atoms with Crippen molar-refractivity contribution < 1.29 is 4.79 Å². The Hall–Kier alpha value is -1.31. The summed E-state index contributed by atoms with van der Waals surface area (Å²) >= 11 is 0. The Morgan fingerprint density at radius 1 is 1.11 bits per heavy atom. The number of carbonyl (C=O) groups excluding carboxylic acids is 1. The summed E-state index contributed by atoms with van der Waals surface area (Å²) < 4.78 is 0. The van der Waals surface area contributed by atoms with Crippen LogP contribution in [0.15, 0.2) is 24.3 Å². The Kier molecular flexibility index (Phi) is 4.94. The number of carbonyl (C=O) groups is 1. The van der Waals surface area contributed by atoms with Gasteiger partial charge in [0, 0.05) is 5.54 Å². The normalized spacial score (nSPS) is 11.7. The zero-order valence-corrected chi connectivity index (χ0v) is 12.2. The Morgan fingerprint density at radius 2 is 1.61 bits per heavy atom. The van der Waals surface area contributed by atoms with E-state index in [4.69, 9.17) is 0 Å². The van der Waals surface area contributed by atoms with Crippen LogP contribution in [0, 0.1) is 5.92 Å². The SMILES string of the molecule is CC(C)Cc1ccc(CC(=O)NC(C)(C)C)cc1. The molecule has 0 unspecified atom stereocenters. The van der Waals surface area contributed by atoms with Gasteiger partial charge in [-0.25, -0.2) is 0 Å². The second-order valence-corrected chi connectivity index (χ2v) is 6.39. The van der Waals surface area contributed by atoms with Crippen molar-refractivity contribution in [1.29, 1.82) is 0 Å². The van der Waals surface area contributed by atoms with Crippen molar-refractivity contribution in [3.05, 3.63) is 35.4 Å². The predicted molar refractivity (Wildman–Crippen MR) is 76.6 cm³/mol. The van der Waals surface area contributed by atoms with Crippen LogP contribution in [0.2, 0.25) is 0 Å². The highest BCUT2D eigenvalue weighted by Gasteiger charge is 2.13. The highest BCUT2D eigenvalue weighted by Crippen LogP contribution is 2.10. The van der Waals surface area contributed by atoms with Gasteiger partial charge < -0.3 is 5.32 Å². The Labute approximate surface area is 111 Å². The summed E-state index contributed by atoms with van der Waals surface area (Å²) in [6.45, 7) is 10.4. The molecule has 0 radical (unpaired) electrons. The number of hydrogen-bond donors (Lipinski definition) is 1. The summed E-state index contributed by atoms with van der Waals surface area (Å²) in [7, 11) is 0. The molecule has 0 aliphatic heterocycles. The highest BCUT2D eigenvalue weighted by atomic mass is 16.1. The maximum atomic E-state index is 11.8. The van der Waals surface area contributed by atoms with Crippen molar-refractivity contribution in [3.63, 3.8) is 0 Å². The van der Waals surface area contributed by atoms with Gasteiger partial charge in [-0.1, -0.05) is 38.1 Å². The number of nitrogens with one attached hydrogen (secondary N) is 1. The van der Waals surface area contributed by atoms with Crippen LogP contribution in [0.1, 0.15) is 45.7 Å². The van der Waals surface area contributed by atoms with Gasteiger partial charge in [-0.3, -0.25) is 4.79 Å². The molecule has 0 spiro atoms. The van der Waals surface area contributed by atoms with Crippen molar-refractivity contribution in [3.8, 4) is 0 Å². The summed E-state index contributed by atoms with van der Waals surface area (Å²) in [5.74, 6) is 0.749. The fraction of sp³-hybridized carbons (Fsp3) is 0.562. The summed E-state index contributed by atoms with van der Waals surface area (Å²) in [6.07, 6.45) is 1.55. The fourth-order valence-electron chi connectivity index (χ4n) is 1.91. The van der Waals surface area contributed by atoms with E-state index in [9.17, 15) is 4.79 Å². The average Bonchev–Trinajstić information content (AvgIpc) is 2.17. The first-order valence-corrected chi connectivity index (χ1v) is 6.65. The maximum absolute atomic E-state index is 11.8. The monoisotopic (exact) mass is 247 g/mol. The van der Waals surface area contributed by atoms with Crippen molar-refractivity contribution >= 4 is 5.91 Å². The van der Waals surface area contributed by atoms with E-state index in [1.807, 2.05) is 20.8 Å². The molecule has 0 saturated carbocycles. The minimum Gasteiger partial charge on any atom is -0.351 e. The summed E-state index contributed by atoms with van der Waals surface area (Å²) in [6, 6.07) is 8.36. The first-order chi connectivity index (χ1) is 8.26. The number of hydrogen-bond acceptors (Lipinski definition) is 1. The van der Waals surface area contributed by atoms with Gasteiger partial charge >= 0.3 is 0 Å². The standard InChI is InChI=1S/C16H25NO/c1-12(2)10-13-6-8-14(9-7-13)11-15(18)17-16(3,4)5/h6-9,12H,10-11H2,1-5H3,(H,17,18). The second kappa shape index (κ2) is 6.03. The molecule has 0 aliphatic rings. The Balaban J connectivity index is 2.56. The third-order valence-corrected chi connectivity index (χ3v) is 2.55. The number of rotatable bonds is 4. The lowest BCUT2D eigenvalue weighted by Crippen LogP contribution is -2.41. The van der Waals surface area contributed by atoms with Gasteiger partial charge in [0.2, 0.25) is 5.91 Å². The summed E-state index contributed by atoms with van der Waals surface area (Å²) in [4.78, 5) is 11.8. The van der Waals surface area contributed by atoms with E-state index in [0.29, 0.717) is 12.3 Å². The molecule has 100 valence electrons. The van der Waals surface area contributed by atoms with Crippen molar-refractivity contribution in [2.45, 2.75) is 53.0 Å². The topological polar surface area (TPSA) is 29.1 Å². The molecule has 2 heteroatoms. The zero-order valence-electron chi connectivity index (χ0n) is 12.2. The van der Waals surface area contributed by atoms with Crippen LogP contribution < -0.4 is 5.32 Å². The lowest BCUT2D eigenvalue weighted by Gasteiger charge is -2.20. The molecule has 1 N–H and O–H groups in total. The lowest BCUT2D eigenvalue weighted by molar-refractivity contribution is -0.121. The van der Waals surface area contributed by atoms with Crippen LogP contribution in [0.4, 0.5) is 0 Å². The molecule has 1 rings (SSSR count). The lowest BCUT2D eigenvalue weighted by atomic mass is 10.0. The van der Waals surface area contributed by atoms with Gasteiger partial charge in [0.1, 0.15) is 0 Å². The van der Waals surface area contributed by atoms with E-state index in [0.717, 1.165) is 12.0 Å². The molecule has 0 bridgehead atoms. The molecule has 0 atom stereocenters. The van der Waals surface area contributed by atoms with E-state index in [1.165, 1.54) is 5.56 Å². The Bertz CT molecular complexity index is 385. The largest absolute Gasteiger partial charge is 0.351 e. The van der Waals surface area contributed by atoms with E-state index in [-0.39, 0.29) is 11.4 Å². The zero-order chi connectivity index (χ0) is 13.8. The van der Waals surface area contributed by atoms with Gasteiger partial charge in [-0.2, -0.15) is 0 Å². The van der Waals surface area contributed by atoms with Crippen molar-refractivity contribution in [2.75, 3.05) is 0 Å². The summed E-state index contributed by atoms with van der Waals surface area (Å²) in [5, 5.41) is 2.98. The highest BCUT2D eigenvalue weighted by molar-refractivity contribution is 5.79. The third kappa shape index (κ3) is 5.85. The van der Waals surface area contributed by atoms with Gasteiger partial charge in [0.05, 0.1) is 6.42 Å². The van der Waals surface area contributed by atoms with Crippen LogP contribution in [-0.4, -0.2) is 11.4 Å². The molecule has 0 aliphatic carbocycles. The van der Waals surface area contributed by atoms with E-state index >= 15 is 0 Å². The predicted octanol–water partition coefficient (Wildman–Crippen LogP) is 3.34. The molecule has 1 aromatic carbocycles. The molecule has 2 nitrogen and oxygen atoms in total. The van der Waals surface area contributed by atoms with Crippen LogP contribution in [-0.2, 0) is 17.6 Å². The van der Waals surface area contributed by atoms with Gasteiger partial charge in [0.15, 0.2) is 0 Å². The van der Waals surface area contributed by atoms with E-state index in [2.05, 4.69) is 43.4 Å². The smallest absolute Gasteiger partial charge is 0.224 e. The maximum Gasteiger partial charge on any atom is 0.224 e. The van der Waals surface area contributed by atoms with E-state index in [1.54, 1.807) is 0 Å². The number of benzene rings is 1. The summed E-state index contributed by atoms with van der Waals surface area (Å²) in [5.41, 5.74) is 2.25. The molecule has 0 aromatic heterocycles. The minimum atomic E-state index is -0.158. The minimum absolute atomic E-state index is 0.0825. The second-order valence-electron chi connectivity index (χ2n) is 6.39. The molecule has 0 heterocycles. The van der Waals surface area contributed by atoms with E-state index < -0.39 is 0 Å². The van der Waals surface area contributed by atoms with Crippen LogP contribution >= 0.6 is 0 Å². The van der Waals surface area contributed by atoms with Crippen LogP contribution in [0.25, 0.3) is 0 Å². The van der Waals surface area contributed by atoms with Gasteiger partial charge in [-0.05, 0) is 44.2 Å². The van der Waals surface area contributed by atoms with Crippen LogP contribution in [0.5, 0.6) is 0 Å². The van der Waals surface area contributed by atoms with Gasteiger partial charge in [-0.15, -0.1) is 0 Å². The first-order valence-electron chi connectivity index (χ1n) is 6.65. The van der Waals surface area contributed by atoms with Crippen molar-refractivity contribution in [1.82, 2.24) is 5.32 Å². The molecule has 0 saturated heterocycles. The first kappa shape index (κ1) is 14.7. The molecular weight excluding hydrogens is 222 g/mol. The van der Waals surface area contributed by atoms with Gasteiger partial charge in [0.25, 0.3) is 0 Å². The Morgan fingerprint density at radius 3 is 2.06 bits per heavy atom. The molecular formula is C16H25NO. The quantitative estimate of drug-likeness (QED) is 0.868. The molecule has 18 heavy (non-hydrogen) atoms. The third-order valence-electron chi connectivity index (χ3n) is 2.55. The number of amides is 1. The average molecular weight is 247 g/mol. The molecule has 0 fully saturated rings.